The summed E-state index contributed by atoms with van der Waals surface area (Å²) in [6.07, 6.45) is 0. The Labute approximate surface area is 151 Å². The van der Waals surface area contributed by atoms with Gasteiger partial charge in [0, 0.05) is 17.0 Å². The molecule has 0 aliphatic rings. The summed E-state index contributed by atoms with van der Waals surface area (Å²) >= 11 is 1.29. The molecule has 3 aromatic rings. The molecule has 0 aliphatic heterocycles. The summed E-state index contributed by atoms with van der Waals surface area (Å²) in [7, 11) is -3.59. The van der Waals surface area contributed by atoms with Gasteiger partial charge in [0.25, 0.3) is 0 Å². The van der Waals surface area contributed by atoms with E-state index in [0.29, 0.717) is 5.13 Å². The van der Waals surface area contributed by atoms with Crippen LogP contribution in [0.15, 0.2) is 53.4 Å². The molecule has 0 radical (unpaired) electrons. The average molecular weight is 374 g/mol. The molecule has 3 rings (SSSR count). The van der Waals surface area contributed by atoms with Crippen LogP contribution in [0.5, 0.6) is 0 Å². The Morgan fingerprint density at radius 1 is 1.08 bits per heavy atom. The molecule has 0 spiro atoms. The summed E-state index contributed by atoms with van der Waals surface area (Å²) in [6, 6.07) is 14.6. The minimum absolute atomic E-state index is 0.147. The lowest BCUT2D eigenvalue weighted by molar-refractivity contribution is 0.582. The van der Waals surface area contributed by atoms with Crippen molar-refractivity contribution in [3.05, 3.63) is 64.5 Å². The number of sulfonamides is 1. The average Bonchev–Trinajstić information content (AvgIpc) is 2.94. The molecule has 0 aliphatic carbocycles. The standard InChI is InChI=1S/C18H19N3O2S2/c1-12-6-8-15(9-7-12)25(22,23)20-11-16-17(21-18(19)24-16)14-5-3-4-13(2)10-14/h3-10,20H,11H2,1-2H3,(H2,19,21). The number of nitrogens with one attached hydrogen (secondary N) is 1. The van der Waals surface area contributed by atoms with Crippen molar-refractivity contribution >= 4 is 26.5 Å². The van der Waals surface area contributed by atoms with Crippen LogP contribution in [0.4, 0.5) is 5.13 Å². The molecule has 5 nitrogen and oxygen atoms in total. The van der Waals surface area contributed by atoms with Crippen LogP contribution in [-0.2, 0) is 16.6 Å². The van der Waals surface area contributed by atoms with E-state index in [1.54, 1.807) is 24.3 Å². The summed E-state index contributed by atoms with van der Waals surface area (Å²) in [4.78, 5) is 5.40. The van der Waals surface area contributed by atoms with E-state index in [9.17, 15) is 8.42 Å². The smallest absolute Gasteiger partial charge is 0.240 e. The third kappa shape index (κ3) is 4.07. The number of rotatable bonds is 5. The van der Waals surface area contributed by atoms with Gasteiger partial charge in [0.1, 0.15) is 0 Å². The molecule has 25 heavy (non-hydrogen) atoms. The number of anilines is 1. The first-order valence-electron chi connectivity index (χ1n) is 7.74. The highest BCUT2D eigenvalue weighted by Crippen LogP contribution is 2.30. The maximum absolute atomic E-state index is 12.5. The van der Waals surface area contributed by atoms with Crippen LogP contribution in [0.3, 0.4) is 0 Å². The number of aromatic nitrogens is 1. The molecular formula is C18H19N3O2S2. The second kappa shape index (κ2) is 6.95. The highest BCUT2D eigenvalue weighted by atomic mass is 32.2. The molecule has 1 heterocycles. The molecule has 0 amide bonds. The van der Waals surface area contributed by atoms with Gasteiger partial charge in [-0.3, -0.25) is 0 Å². The molecule has 0 saturated carbocycles. The second-order valence-electron chi connectivity index (χ2n) is 5.83. The van der Waals surface area contributed by atoms with Crippen molar-refractivity contribution in [3.8, 4) is 11.3 Å². The van der Waals surface area contributed by atoms with Crippen LogP contribution in [0, 0.1) is 13.8 Å². The van der Waals surface area contributed by atoms with E-state index < -0.39 is 10.0 Å². The molecular weight excluding hydrogens is 354 g/mol. The Kier molecular flexibility index (Phi) is 4.89. The van der Waals surface area contributed by atoms with Gasteiger partial charge in [0.2, 0.25) is 10.0 Å². The van der Waals surface area contributed by atoms with E-state index in [1.165, 1.54) is 11.3 Å². The molecule has 0 bridgehead atoms. The zero-order valence-corrected chi connectivity index (χ0v) is 15.6. The van der Waals surface area contributed by atoms with Gasteiger partial charge in [-0.25, -0.2) is 18.1 Å². The van der Waals surface area contributed by atoms with Crippen molar-refractivity contribution in [2.45, 2.75) is 25.3 Å². The molecule has 1 aromatic heterocycles. The first-order chi connectivity index (χ1) is 11.8. The summed E-state index contributed by atoms with van der Waals surface area (Å²) in [5, 5.41) is 0.418. The van der Waals surface area contributed by atoms with Crippen LogP contribution < -0.4 is 10.5 Å². The first-order valence-corrected chi connectivity index (χ1v) is 10.0. The summed E-state index contributed by atoms with van der Waals surface area (Å²) in [6.45, 7) is 4.06. The maximum Gasteiger partial charge on any atom is 0.240 e. The predicted molar refractivity (Wildman–Crippen MR) is 102 cm³/mol. The van der Waals surface area contributed by atoms with Crippen molar-refractivity contribution in [2.75, 3.05) is 5.73 Å². The highest BCUT2D eigenvalue weighted by molar-refractivity contribution is 7.89. The highest BCUT2D eigenvalue weighted by Gasteiger charge is 2.17. The third-order valence-corrected chi connectivity index (χ3v) is 6.06. The van der Waals surface area contributed by atoms with Crippen molar-refractivity contribution in [1.82, 2.24) is 9.71 Å². The van der Waals surface area contributed by atoms with Crippen molar-refractivity contribution in [3.63, 3.8) is 0 Å². The van der Waals surface area contributed by atoms with E-state index in [2.05, 4.69) is 9.71 Å². The Bertz CT molecular complexity index is 993. The SMILES string of the molecule is Cc1ccc(S(=O)(=O)NCc2sc(N)nc2-c2cccc(C)c2)cc1. The van der Waals surface area contributed by atoms with Crippen LogP contribution in [-0.4, -0.2) is 13.4 Å². The number of thiazole rings is 1. The van der Waals surface area contributed by atoms with Crippen molar-refractivity contribution in [2.24, 2.45) is 0 Å². The molecule has 7 heteroatoms. The van der Waals surface area contributed by atoms with Crippen LogP contribution in [0.25, 0.3) is 11.3 Å². The fourth-order valence-corrected chi connectivity index (χ4v) is 4.35. The van der Waals surface area contributed by atoms with Crippen LogP contribution in [0.2, 0.25) is 0 Å². The zero-order valence-electron chi connectivity index (χ0n) is 14.0. The molecule has 0 unspecified atom stereocenters. The van der Waals surface area contributed by atoms with Crippen LogP contribution >= 0.6 is 11.3 Å². The van der Waals surface area contributed by atoms with Gasteiger partial charge >= 0.3 is 0 Å². The van der Waals surface area contributed by atoms with Gasteiger partial charge in [-0.1, -0.05) is 41.5 Å². The second-order valence-corrected chi connectivity index (χ2v) is 8.71. The minimum Gasteiger partial charge on any atom is -0.375 e. The number of nitrogens with zero attached hydrogens (tertiary/aromatic N) is 1. The normalized spacial score (nSPS) is 11.6. The zero-order chi connectivity index (χ0) is 18.0. The maximum atomic E-state index is 12.5. The Hall–Kier alpha value is -2.22. The van der Waals surface area contributed by atoms with E-state index in [-0.39, 0.29) is 11.4 Å². The number of hydrogen-bond acceptors (Lipinski definition) is 5. The molecule has 0 atom stereocenters. The Balaban J connectivity index is 1.85. The Morgan fingerprint density at radius 2 is 1.80 bits per heavy atom. The predicted octanol–water partition coefficient (Wildman–Crippen LogP) is 3.49. The third-order valence-electron chi connectivity index (χ3n) is 3.76. The van der Waals surface area contributed by atoms with Gasteiger partial charge in [0.05, 0.1) is 10.6 Å². The van der Waals surface area contributed by atoms with Gasteiger partial charge in [-0.2, -0.15) is 0 Å². The van der Waals surface area contributed by atoms with Gasteiger partial charge < -0.3 is 5.73 Å². The minimum atomic E-state index is -3.59. The van der Waals surface area contributed by atoms with Gasteiger partial charge in [0.15, 0.2) is 5.13 Å². The monoisotopic (exact) mass is 373 g/mol. The van der Waals surface area contributed by atoms with Crippen LogP contribution in [0.1, 0.15) is 16.0 Å². The Morgan fingerprint density at radius 3 is 2.48 bits per heavy atom. The van der Waals surface area contributed by atoms with E-state index >= 15 is 0 Å². The molecule has 3 N–H and O–H groups in total. The van der Waals surface area contributed by atoms with E-state index in [1.807, 2.05) is 38.1 Å². The van der Waals surface area contributed by atoms with E-state index in [0.717, 1.165) is 27.3 Å². The summed E-state index contributed by atoms with van der Waals surface area (Å²) in [5.74, 6) is 0. The lowest BCUT2D eigenvalue weighted by atomic mass is 10.1. The number of nitrogens with two attached hydrogens (primary N) is 1. The fraction of sp³-hybridized carbons (Fsp3) is 0.167. The topological polar surface area (TPSA) is 85.1 Å². The molecule has 2 aromatic carbocycles. The molecule has 0 saturated heterocycles. The number of benzene rings is 2. The first kappa shape index (κ1) is 17.6. The quantitative estimate of drug-likeness (QED) is 0.717. The van der Waals surface area contributed by atoms with Gasteiger partial charge in [-0.05, 0) is 32.0 Å². The lowest BCUT2D eigenvalue weighted by Gasteiger charge is -2.07. The number of aryl methyl sites for hydroxylation is 2. The van der Waals surface area contributed by atoms with Crippen molar-refractivity contribution in [1.29, 1.82) is 0 Å². The van der Waals surface area contributed by atoms with Gasteiger partial charge in [-0.15, -0.1) is 11.3 Å². The molecule has 130 valence electrons. The van der Waals surface area contributed by atoms with E-state index in [4.69, 9.17) is 5.73 Å². The largest absolute Gasteiger partial charge is 0.375 e. The fourth-order valence-electron chi connectivity index (χ4n) is 2.47. The summed E-state index contributed by atoms with van der Waals surface area (Å²) in [5.41, 5.74) is 9.62. The lowest BCUT2D eigenvalue weighted by Crippen LogP contribution is -2.23. The number of nitrogen functional groups attached to an aromatic ring is 1. The number of hydrogen-bond donors (Lipinski definition) is 2. The van der Waals surface area contributed by atoms with Crippen molar-refractivity contribution < 1.29 is 8.42 Å². The summed E-state index contributed by atoms with van der Waals surface area (Å²) < 4.78 is 27.6. The molecule has 0 fully saturated rings.